The zero-order chi connectivity index (χ0) is 17.1. The molecule has 24 heavy (non-hydrogen) atoms. The molecule has 0 unspecified atom stereocenters. The molecule has 3 rings (SSSR count). The van der Waals surface area contributed by atoms with Crippen molar-refractivity contribution < 1.29 is 18.7 Å². The van der Waals surface area contributed by atoms with Crippen LogP contribution < -0.4 is 4.90 Å². The van der Waals surface area contributed by atoms with Gasteiger partial charge in [0.15, 0.2) is 0 Å². The van der Waals surface area contributed by atoms with Crippen LogP contribution in [0, 0.1) is 6.92 Å². The average Bonchev–Trinajstić information content (AvgIpc) is 3.03. The van der Waals surface area contributed by atoms with E-state index in [0.29, 0.717) is 25.8 Å². The van der Waals surface area contributed by atoms with Crippen molar-refractivity contribution in [2.24, 2.45) is 0 Å². The van der Waals surface area contributed by atoms with Gasteiger partial charge < -0.3 is 14.1 Å². The van der Waals surface area contributed by atoms with Crippen LogP contribution in [-0.4, -0.2) is 25.5 Å². The summed E-state index contributed by atoms with van der Waals surface area (Å²) in [5, 5.41) is 0. The Hall–Kier alpha value is -2.56. The smallest absolute Gasteiger partial charge is 0.313 e. The number of ether oxygens (including phenoxy) is 1. The highest BCUT2D eigenvalue weighted by Crippen LogP contribution is 2.36. The van der Waals surface area contributed by atoms with Gasteiger partial charge in [0, 0.05) is 25.1 Å². The van der Waals surface area contributed by atoms with E-state index in [0.717, 1.165) is 22.8 Å². The van der Waals surface area contributed by atoms with Crippen LogP contribution >= 0.6 is 0 Å². The molecule has 1 aliphatic heterocycles. The predicted octanol–water partition coefficient (Wildman–Crippen LogP) is 3.21. The van der Waals surface area contributed by atoms with Gasteiger partial charge in [0.1, 0.15) is 11.5 Å². The fourth-order valence-corrected chi connectivity index (χ4v) is 3.19. The summed E-state index contributed by atoms with van der Waals surface area (Å²) in [6.45, 7) is 2.41. The summed E-state index contributed by atoms with van der Waals surface area (Å²) >= 11 is 0. The Morgan fingerprint density at radius 2 is 2.04 bits per heavy atom. The van der Waals surface area contributed by atoms with E-state index < -0.39 is 0 Å². The lowest BCUT2D eigenvalue weighted by Gasteiger charge is -2.33. The number of rotatable bonds is 4. The number of para-hydroxylation sites is 1. The third-order valence-electron chi connectivity index (χ3n) is 4.41. The monoisotopic (exact) mass is 327 g/mol. The van der Waals surface area contributed by atoms with Gasteiger partial charge in [-0.15, -0.1) is 0 Å². The van der Waals surface area contributed by atoms with Crippen LogP contribution in [0.5, 0.6) is 0 Å². The molecule has 0 aliphatic carbocycles. The van der Waals surface area contributed by atoms with Crippen molar-refractivity contribution in [2.75, 3.05) is 18.6 Å². The maximum absolute atomic E-state index is 12.7. The fraction of sp³-hybridized carbons (Fsp3) is 0.368. The van der Waals surface area contributed by atoms with Gasteiger partial charge in [-0.1, -0.05) is 18.2 Å². The quantitative estimate of drug-likeness (QED) is 0.809. The van der Waals surface area contributed by atoms with Gasteiger partial charge in [0.25, 0.3) is 0 Å². The molecule has 1 atom stereocenters. The number of fused-ring (bicyclic) bond motifs is 1. The first-order valence-corrected chi connectivity index (χ1v) is 8.12. The minimum absolute atomic E-state index is 0.0415. The molecule has 0 radical (unpaired) electrons. The number of benzene rings is 1. The average molecular weight is 327 g/mol. The van der Waals surface area contributed by atoms with Crippen LogP contribution in [0.15, 0.2) is 40.8 Å². The standard InChI is InChI=1S/C19H21NO4/c1-13-7-8-14(24-13)9-10-18(21)20-12-11-16(19(22)23-2)15-5-3-4-6-17(15)20/h3-8,16H,9-12H2,1-2H3/t16-/m0/s1. The predicted molar refractivity (Wildman–Crippen MR) is 89.9 cm³/mol. The molecule has 0 saturated carbocycles. The van der Waals surface area contributed by atoms with E-state index >= 15 is 0 Å². The molecule has 0 N–H and O–H groups in total. The summed E-state index contributed by atoms with van der Waals surface area (Å²) in [4.78, 5) is 26.4. The Bertz CT molecular complexity index is 749. The molecule has 0 fully saturated rings. The molecule has 5 heteroatoms. The maximum Gasteiger partial charge on any atom is 0.313 e. The second-order valence-electron chi connectivity index (χ2n) is 5.98. The zero-order valence-electron chi connectivity index (χ0n) is 14.0. The number of carbonyl (C=O) groups is 2. The molecule has 0 bridgehead atoms. The Labute approximate surface area is 141 Å². The molecule has 1 aliphatic rings. The van der Waals surface area contributed by atoms with Crippen LogP contribution in [0.3, 0.4) is 0 Å². The summed E-state index contributed by atoms with van der Waals surface area (Å²) < 4.78 is 10.4. The maximum atomic E-state index is 12.7. The van der Waals surface area contributed by atoms with Gasteiger partial charge in [0.05, 0.1) is 13.0 Å². The second-order valence-corrected chi connectivity index (χ2v) is 5.98. The number of esters is 1. The molecule has 2 heterocycles. The van der Waals surface area contributed by atoms with E-state index in [1.165, 1.54) is 7.11 Å². The van der Waals surface area contributed by atoms with Gasteiger partial charge in [-0.05, 0) is 37.1 Å². The fourth-order valence-electron chi connectivity index (χ4n) is 3.19. The topological polar surface area (TPSA) is 59.8 Å². The van der Waals surface area contributed by atoms with Crippen LogP contribution in [0.2, 0.25) is 0 Å². The number of aryl methyl sites for hydroxylation is 2. The number of carbonyl (C=O) groups excluding carboxylic acids is 2. The van der Waals surface area contributed by atoms with Crippen LogP contribution in [0.25, 0.3) is 0 Å². The summed E-state index contributed by atoms with van der Waals surface area (Å²) in [5.74, 6) is 1.16. The third kappa shape index (κ3) is 3.20. The zero-order valence-corrected chi connectivity index (χ0v) is 14.0. The normalized spacial score (nSPS) is 16.6. The highest BCUT2D eigenvalue weighted by Gasteiger charge is 2.32. The van der Waals surface area contributed by atoms with Crippen molar-refractivity contribution in [3.8, 4) is 0 Å². The number of hydrogen-bond acceptors (Lipinski definition) is 4. The Kier molecular flexibility index (Phi) is 4.69. The van der Waals surface area contributed by atoms with Crippen molar-refractivity contribution in [3.63, 3.8) is 0 Å². The highest BCUT2D eigenvalue weighted by molar-refractivity contribution is 5.96. The molecule has 1 aromatic carbocycles. The second kappa shape index (κ2) is 6.91. The SMILES string of the molecule is COC(=O)[C@H]1CCN(C(=O)CCc2ccc(C)o2)c2ccccc21. The number of amides is 1. The largest absolute Gasteiger partial charge is 0.469 e. The molecule has 0 saturated heterocycles. The summed E-state index contributed by atoms with van der Waals surface area (Å²) in [6, 6.07) is 11.4. The molecule has 1 amide bonds. The summed E-state index contributed by atoms with van der Waals surface area (Å²) in [7, 11) is 1.40. The number of nitrogens with zero attached hydrogens (tertiary/aromatic N) is 1. The minimum Gasteiger partial charge on any atom is -0.469 e. The first-order chi connectivity index (χ1) is 11.6. The number of furan rings is 1. The number of hydrogen-bond donors (Lipinski definition) is 0. The van der Waals surface area contributed by atoms with Crippen LogP contribution in [0.1, 0.15) is 35.8 Å². The van der Waals surface area contributed by atoms with E-state index in [4.69, 9.17) is 9.15 Å². The van der Waals surface area contributed by atoms with Crippen molar-refractivity contribution in [3.05, 3.63) is 53.5 Å². The Morgan fingerprint density at radius 3 is 2.75 bits per heavy atom. The highest BCUT2D eigenvalue weighted by atomic mass is 16.5. The van der Waals surface area contributed by atoms with Gasteiger partial charge >= 0.3 is 5.97 Å². The number of methoxy groups -OCH3 is 1. The first kappa shape index (κ1) is 16.3. The molecule has 126 valence electrons. The lowest BCUT2D eigenvalue weighted by molar-refractivity contribution is -0.142. The van der Waals surface area contributed by atoms with Gasteiger partial charge in [-0.25, -0.2) is 0 Å². The van der Waals surface area contributed by atoms with E-state index in [1.54, 1.807) is 4.90 Å². The Morgan fingerprint density at radius 1 is 1.25 bits per heavy atom. The van der Waals surface area contributed by atoms with Gasteiger partial charge in [0.2, 0.25) is 5.91 Å². The van der Waals surface area contributed by atoms with E-state index in [2.05, 4.69) is 0 Å². The van der Waals surface area contributed by atoms with Crippen molar-refractivity contribution in [1.82, 2.24) is 0 Å². The van der Waals surface area contributed by atoms with Crippen molar-refractivity contribution in [2.45, 2.75) is 32.1 Å². The summed E-state index contributed by atoms with van der Waals surface area (Å²) in [6.07, 6.45) is 1.53. The summed E-state index contributed by atoms with van der Waals surface area (Å²) in [5.41, 5.74) is 1.66. The van der Waals surface area contributed by atoms with Crippen LogP contribution in [-0.2, 0) is 20.7 Å². The first-order valence-electron chi connectivity index (χ1n) is 8.12. The third-order valence-corrected chi connectivity index (χ3v) is 4.41. The molecular formula is C19H21NO4. The van der Waals surface area contributed by atoms with Gasteiger partial charge in [-0.2, -0.15) is 0 Å². The molecule has 1 aromatic heterocycles. The van der Waals surface area contributed by atoms with Gasteiger partial charge in [-0.3, -0.25) is 9.59 Å². The van der Waals surface area contributed by atoms with E-state index in [-0.39, 0.29) is 17.8 Å². The van der Waals surface area contributed by atoms with Crippen LogP contribution in [0.4, 0.5) is 5.69 Å². The minimum atomic E-state index is -0.303. The van der Waals surface area contributed by atoms with E-state index in [9.17, 15) is 9.59 Å². The van der Waals surface area contributed by atoms with E-state index in [1.807, 2.05) is 43.3 Å². The lowest BCUT2D eigenvalue weighted by Crippen LogP contribution is -2.38. The number of anilines is 1. The Balaban J connectivity index is 1.76. The molecular weight excluding hydrogens is 306 g/mol. The molecule has 5 nitrogen and oxygen atoms in total. The molecule has 0 spiro atoms. The van der Waals surface area contributed by atoms with Crippen molar-refractivity contribution in [1.29, 1.82) is 0 Å². The lowest BCUT2D eigenvalue weighted by atomic mass is 9.89. The van der Waals surface area contributed by atoms with Crippen molar-refractivity contribution >= 4 is 17.6 Å². The molecule has 2 aromatic rings.